The third-order valence-corrected chi connectivity index (χ3v) is 3.10. The molecular formula is C18H20N2O3. The summed E-state index contributed by atoms with van der Waals surface area (Å²) < 4.78 is 5.62. The van der Waals surface area contributed by atoms with E-state index in [1.165, 1.54) is 0 Å². The van der Waals surface area contributed by atoms with Crippen LogP contribution in [0.4, 0.5) is 11.4 Å². The summed E-state index contributed by atoms with van der Waals surface area (Å²) in [6.45, 7) is 5.65. The summed E-state index contributed by atoms with van der Waals surface area (Å²) in [7, 11) is 0. The highest BCUT2D eigenvalue weighted by Crippen LogP contribution is 2.24. The minimum Gasteiger partial charge on any atom is -0.489 e. The fourth-order valence-electron chi connectivity index (χ4n) is 2.00. The van der Waals surface area contributed by atoms with Gasteiger partial charge in [0.1, 0.15) is 5.75 Å². The highest BCUT2D eigenvalue weighted by atomic mass is 16.5. The molecule has 2 amide bonds. The monoisotopic (exact) mass is 312 g/mol. The Morgan fingerprint density at radius 3 is 2.00 bits per heavy atom. The normalized spacial score (nSPS) is 10.3. The van der Waals surface area contributed by atoms with Crippen LogP contribution < -0.4 is 15.4 Å². The van der Waals surface area contributed by atoms with Crippen molar-refractivity contribution in [1.29, 1.82) is 0 Å². The molecule has 5 heteroatoms. The Morgan fingerprint density at radius 2 is 1.39 bits per heavy atom. The molecule has 23 heavy (non-hydrogen) atoms. The lowest BCUT2D eigenvalue weighted by atomic mass is 10.2. The van der Waals surface area contributed by atoms with Gasteiger partial charge in [0.25, 0.3) is 0 Å². The van der Waals surface area contributed by atoms with Crippen LogP contribution in [0.15, 0.2) is 48.5 Å². The van der Waals surface area contributed by atoms with Gasteiger partial charge in [0, 0.05) is 5.69 Å². The molecule has 0 aliphatic carbocycles. The van der Waals surface area contributed by atoms with E-state index >= 15 is 0 Å². The quantitative estimate of drug-likeness (QED) is 0.851. The van der Waals surface area contributed by atoms with Gasteiger partial charge in [-0.2, -0.15) is 0 Å². The van der Waals surface area contributed by atoms with Gasteiger partial charge in [0.2, 0.25) is 0 Å². The summed E-state index contributed by atoms with van der Waals surface area (Å²) >= 11 is 0. The summed E-state index contributed by atoms with van der Waals surface area (Å²) in [5.74, 6) is -0.939. The van der Waals surface area contributed by atoms with Gasteiger partial charge in [-0.15, -0.1) is 0 Å². The van der Waals surface area contributed by atoms with Crippen LogP contribution >= 0.6 is 0 Å². The van der Waals surface area contributed by atoms with Gasteiger partial charge in [-0.05, 0) is 44.5 Å². The number of rotatable bonds is 4. The number of carbonyl (C=O) groups is 2. The molecule has 0 bridgehead atoms. The Bertz CT molecular complexity index is 711. The molecule has 0 fully saturated rings. The number of carbonyl (C=O) groups excluding carboxylic acids is 2. The average molecular weight is 312 g/mol. The predicted molar refractivity (Wildman–Crippen MR) is 90.6 cm³/mol. The lowest BCUT2D eigenvalue weighted by Gasteiger charge is -2.14. The highest BCUT2D eigenvalue weighted by molar-refractivity contribution is 6.43. The Hall–Kier alpha value is -2.82. The zero-order valence-corrected chi connectivity index (χ0v) is 13.4. The first-order valence-corrected chi connectivity index (χ1v) is 7.41. The molecule has 0 heterocycles. The average Bonchev–Trinajstić information content (AvgIpc) is 2.51. The molecule has 2 N–H and O–H groups in total. The number of anilines is 2. The Labute approximate surface area is 135 Å². The van der Waals surface area contributed by atoms with Crippen molar-refractivity contribution in [3.8, 4) is 5.75 Å². The summed E-state index contributed by atoms with van der Waals surface area (Å²) in [6, 6.07) is 14.3. The fourth-order valence-corrected chi connectivity index (χ4v) is 2.00. The Balaban J connectivity index is 2.07. The van der Waals surface area contributed by atoms with Gasteiger partial charge >= 0.3 is 11.8 Å². The van der Waals surface area contributed by atoms with Crippen LogP contribution in [-0.2, 0) is 9.59 Å². The number of aryl methyl sites for hydroxylation is 1. The number of nitrogens with one attached hydrogen (secondary N) is 2. The van der Waals surface area contributed by atoms with Crippen molar-refractivity contribution < 1.29 is 14.3 Å². The largest absolute Gasteiger partial charge is 0.489 e. The van der Waals surface area contributed by atoms with E-state index in [-0.39, 0.29) is 6.10 Å². The van der Waals surface area contributed by atoms with Crippen molar-refractivity contribution in [3.05, 3.63) is 54.1 Å². The van der Waals surface area contributed by atoms with Gasteiger partial charge in [-0.1, -0.05) is 30.3 Å². The van der Waals surface area contributed by atoms with Crippen LogP contribution in [-0.4, -0.2) is 17.9 Å². The maximum atomic E-state index is 12.1. The van der Waals surface area contributed by atoms with Crippen LogP contribution in [0.5, 0.6) is 5.75 Å². The predicted octanol–water partition coefficient (Wildman–Crippen LogP) is 3.36. The molecule has 0 aliphatic heterocycles. The summed E-state index contributed by atoms with van der Waals surface area (Å²) in [6.07, 6.45) is -0.0335. The molecule has 0 aromatic heterocycles. The van der Waals surface area contributed by atoms with Crippen molar-refractivity contribution in [1.82, 2.24) is 0 Å². The Kier molecular flexibility index (Phi) is 5.36. The summed E-state index contributed by atoms with van der Waals surface area (Å²) in [5.41, 5.74) is 1.96. The molecular weight excluding hydrogens is 292 g/mol. The maximum absolute atomic E-state index is 12.1. The molecule has 0 atom stereocenters. The molecule has 120 valence electrons. The fraction of sp³-hybridized carbons (Fsp3) is 0.222. The molecule has 0 saturated heterocycles. The van der Waals surface area contributed by atoms with E-state index in [1.807, 2.05) is 32.9 Å². The summed E-state index contributed by atoms with van der Waals surface area (Å²) in [5, 5.41) is 5.18. The van der Waals surface area contributed by atoms with E-state index in [0.717, 1.165) is 5.56 Å². The maximum Gasteiger partial charge on any atom is 0.314 e. The number of ether oxygens (including phenoxy) is 1. The smallest absolute Gasteiger partial charge is 0.314 e. The van der Waals surface area contributed by atoms with Crippen molar-refractivity contribution in [3.63, 3.8) is 0 Å². The van der Waals surface area contributed by atoms with E-state index in [2.05, 4.69) is 10.6 Å². The number of hydrogen-bond acceptors (Lipinski definition) is 3. The number of benzene rings is 2. The second-order valence-electron chi connectivity index (χ2n) is 5.39. The van der Waals surface area contributed by atoms with Gasteiger partial charge in [0.05, 0.1) is 11.8 Å². The minimum absolute atomic E-state index is 0.0335. The van der Waals surface area contributed by atoms with E-state index in [0.29, 0.717) is 17.1 Å². The first kappa shape index (κ1) is 16.5. The van der Waals surface area contributed by atoms with Gasteiger partial charge < -0.3 is 15.4 Å². The molecule has 0 unspecified atom stereocenters. The van der Waals surface area contributed by atoms with Crippen molar-refractivity contribution in [2.75, 3.05) is 10.6 Å². The third kappa shape index (κ3) is 4.57. The first-order chi connectivity index (χ1) is 11.0. The zero-order chi connectivity index (χ0) is 16.8. The van der Waals surface area contributed by atoms with Crippen LogP contribution in [0.2, 0.25) is 0 Å². The summed E-state index contributed by atoms with van der Waals surface area (Å²) in [4.78, 5) is 24.1. The van der Waals surface area contributed by atoms with Crippen LogP contribution in [0, 0.1) is 6.92 Å². The molecule has 5 nitrogen and oxygen atoms in total. The molecule has 0 saturated carbocycles. The minimum atomic E-state index is -0.743. The lowest BCUT2D eigenvalue weighted by Crippen LogP contribution is -2.29. The van der Waals surface area contributed by atoms with Gasteiger partial charge in [-0.25, -0.2) is 0 Å². The van der Waals surface area contributed by atoms with Crippen molar-refractivity contribution >= 4 is 23.2 Å². The van der Waals surface area contributed by atoms with Crippen LogP contribution in [0.25, 0.3) is 0 Å². The van der Waals surface area contributed by atoms with E-state index in [9.17, 15) is 9.59 Å². The Morgan fingerprint density at radius 1 is 0.870 bits per heavy atom. The number of hydrogen-bond donors (Lipinski definition) is 2. The molecule has 2 aromatic carbocycles. The third-order valence-electron chi connectivity index (χ3n) is 3.10. The van der Waals surface area contributed by atoms with Crippen molar-refractivity contribution in [2.24, 2.45) is 0 Å². The van der Waals surface area contributed by atoms with E-state index in [1.54, 1.807) is 36.4 Å². The van der Waals surface area contributed by atoms with E-state index in [4.69, 9.17) is 4.74 Å². The topological polar surface area (TPSA) is 67.4 Å². The number of para-hydroxylation sites is 3. The van der Waals surface area contributed by atoms with Gasteiger partial charge in [-0.3, -0.25) is 9.59 Å². The molecule has 2 rings (SSSR count). The standard InChI is InChI=1S/C18H20N2O3/c1-12(2)23-16-11-7-6-10-15(16)20-18(22)17(21)19-14-9-5-4-8-13(14)3/h4-12H,1-3H3,(H,19,21)(H,20,22). The highest BCUT2D eigenvalue weighted by Gasteiger charge is 2.17. The molecule has 0 radical (unpaired) electrons. The second kappa shape index (κ2) is 7.45. The SMILES string of the molecule is Cc1ccccc1NC(=O)C(=O)Nc1ccccc1OC(C)C. The van der Waals surface area contributed by atoms with Crippen molar-refractivity contribution in [2.45, 2.75) is 26.9 Å². The molecule has 2 aromatic rings. The molecule has 0 aliphatic rings. The zero-order valence-electron chi connectivity index (χ0n) is 13.4. The van der Waals surface area contributed by atoms with E-state index < -0.39 is 11.8 Å². The lowest BCUT2D eigenvalue weighted by molar-refractivity contribution is -0.133. The first-order valence-electron chi connectivity index (χ1n) is 7.41. The second-order valence-corrected chi connectivity index (χ2v) is 5.39. The number of amides is 2. The molecule has 0 spiro atoms. The van der Waals surface area contributed by atoms with Gasteiger partial charge in [0.15, 0.2) is 0 Å². The van der Waals surface area contributed by atoms with Crippen LogP contribution in [0.3, 0.4) is 0 Å². The van der Waals surface area contributed by atoms with Crippen LogP contribution in [0.1, 0.15) is 19.4 Å².